The summed E-state index contributed by atoms with van der Waals surface area (Å²) in [5.74, 6) is 1.17. The predicted molar refractivity (Wildman–Crippen MR) is 212 cm³/mol. The summed E-state index contributed by atoms with van der Waals surface area (Å²) < 4.78 is 8.84. The maximum absolute atomic E-state index is 6.51. The summed E-state index contributed by atoms with van der Waals surface area (Å²) in [5.41, 5.74) is 10.8. The average molecular weight is 864 g/mol. The molecule has 7 aromatic carbocycles. The molecule has 0 saturated heterocycles. The number of benzene rings is 7. The fraction of sp³-hybridized carbons (Fsp3) is 0.0208. The molecule has 9 rings (SSSR count). The van der Waals surface area contributed by atoms with E-state index in [1.54, 1.807) is 0 Å². The third-order valence-electron chi connectivity index (χ3n) is 9.28. The quantitative estimate of drug-likeness (QED) is 0.113. The van der Waals surface area contributed by atoms with Crippen molar-refractivity contribution >= 4 is 38.9 Å². The van der Waals surface area contributed by atoms with Crippen molar-refractivity contribution < 1.29 is 27.1 Å². The van der Waals surface area contributed by atoms with Gasteiger partial charge in [0.05, 0.1) is 11.0 Å². The molecule has 2 heterocycles. The van der Waals surface area contributed by atoms with Gasteiger partial charge in [-0.25, -0.2) is 0 Å². The van der Waals surface area contributed by atoms with Gasteiger partial charge in [-0.2, -0.15) is 6.07 Å². The molecule has 4 nitrogen and oxygen atoms in total. The van der Waals surface area contributed by atoms with Crippen LogP contribution in [0.5, 0.6) is 11.5 Å². The number of ether oxygens (including phenoxy) is 1. The Hall–Kier alpha value is -6.17. The predicted octanol–water partition coefficient (Wildman–Crippen LogP) is 12.5. The van der Waals surface area contributed by atoms with Crippen LogP contribution in [0, 0.1) is 25.1 Å². The summed E-state index contributed by atoms with van der Waals surface area (Å²) >= 11 is 0. The fourth-order valence-corrected chi connectivity index (χ4v) is 6.89. The Balaban J connectivity index is 0.00000400. The zero-order valence-electron chi connectivity index (χ0n) is 28.8. The molecule has 0 saturated carbocycles. The number of pyridine rings is 1. The standard InChI is InChI=1S/C48H32N3O.Au/c1-34-28-29-41(52-40-23-15-22-38(30-40)50(36-18-7-3-8-19-36)37-20-9-4-10-21-37)33-44(34)46-32-39(31-45(49-46)35-16-5-2-6-17-35)51-47-26-13-11-24-42(47)43-25-12-14-27-48(43)51;/h2-16,18-22,24-32H,1H3;/q-3;+3. The van der Waals surface area contributed by atoms with Crippen LogP contribution in [-0.2, 0) is 22.4 Å². The second-order valence-corrected chi connectivity index (χ2v) is 12.6. The molecule has 9 aromatic rings. The summed E-state index contributed by atoms with van der Waals surface area (Å²) in [4.78, 5) is 7.42. The van der Waals surface area contributed by atoms with E-state index in [1.165, 1.54) is 10.8 Å². The Morgan fingerprint density at radius 3 is 1.83 bits per heavy atom. The molecular formula is C48H32AuN3O. The van der Waals surface area contributed by atoms with Gasteiger partial charge in [0.15, 0.2) is 0 Å². The van der Waals surface area contributed by atoms with Gasteiger partial charge in [-0.3, -0.25) is 0 Å². The van der Waals surface area contributed by atoms with Gasteiger partial charge < -0.3 is 19.2 Å². The van der Waals surface area contributed by atoms with E-state index < -0.39 is 0 Å². The minimum Gasteiger partial charge on any atom is -0.503 e. The zero-order valence-corrected chi connectivity index (χ0v) is 31.0. The van der Waals surface area contributed by atoms with Crippen molar-refractivity contribution in [2.75, 3.05) is 4.90 Å². The van der Waals surface area contributed by atoms with Crippen LogP contribution in [0.3, 0.4) is 0 Å². The van der Waals surface area contributed by atoms with E-state index in [1.807, 2.05) is 78.9 Å². The summed E-state index contributed by atoms with van der Waals surface area (Å²) in [7, 11) is 0. The van der Waals surface area contributed by atoms with Gasteiger partial charge in [0.2, 0.25) is 0 Å². The summed E-state index contributed by atoms with van der Waals surface area (Å²) in [5, 5.41) is 2.41. The van der Waals surface area contributed by atoms with E-state index in [4.69, 9.17) is 9.72 Å². The normalized spacial score (nSPS) is 11.0. The van der Waals surface area contributed by atoms with Crippen LogP contribution in [0.4, 0.5) is 17.1 Å². The molecule has 0 aliphatic carbocycles. The van der Waals surface area contributed by atoms with Crippen LogP contribution in [0.2, 0.25) is 0 Å². The number of rotatable bonds is 8. The molecular weight excluding hydrogens is 832 g/mol. The first kappa shape index (κ1) is 33.9. The van der Waals surface area contributed by atoms with E-state index in [0.717, 1.165) is 61.9 Å². The van der Waals surface area contributed by atoms with Crippen molar-refractivity contribution in [3.05, 3.63) is 200 Å². The van der Waals surface area contributed by atoms with Crippen LogP contribution in [0.15, 0.2) is 176 Å². The smallest absolute Gasteiger partial charge is 0.503 e. The topological polar surface area (TPSA) is 30.3 Å². The third kappa shape index (κ3) is 6.68. The minimum atomic E-state index is 0. The second kappa shape index (κ2) is 14.8. The van der Waals surface area contributed by atoms with Gasteiger partial charge in [-0.1, -0.05) is 104 Å². The third-order valence-corrected chi connectivity index (χ3v) is 9.28. The van der Waals surface area contributed by atoms with Crippen molar-refractivity contribution in [3.63, 3.8) is 0 Å². The largest absolute Gasteiger partial charge is 3.00 e. The molecule has 5 heteroatoms. The Bertz CT molecular complexity index is 2580. The maximum atomic E-state index is 6.51. The molecule has 53 heavy (non-hydrogen) atoms. The van der Waals surface area contributed by atoms with Crippen molar-refractivity contribution in [2.45, 2.75) is 6.92 Å². The van der Waals surface area contributed by atoms with Crippen LogP contribution >= 0.6 is 0 Å². The number of aryl methyl sites for hydroxylation is 1. The van der Waals surface area contributed by atoms with Gasteiger partial charge in [-0.05, 0) is 47.8 Å². The van der Waals surface area contributed by atoms with Crippen molar-refractivity contribution in [2.24, 2.45) is 0 Å². The Morgan fingerprint density at radius 2 is 1.17 bits per heavy atom. The first-order chi connectivity index (χ1) is 25.7. The molecule has 0 aliphatic heterocycles. The Morgan fingerprint density at radius 1 is 0.547 bits per heavy atom. The molecule has 0 aliphatic rings. The fourth-order valence-electron chi connectivity index (χ4n) is 6.89. The van der Waals surface area contributed by atoms with Crippen molar-refractivity contribution in [3.8, 4) is 39.7 Å². The van der Waals surface area contributed by atoms with Crippen LogP contribution < -0.4 is 9.64 Å². The van der Waals surface area contributed by atoms with E-state index >= 15 is 0 Å². The van der Waals surface area contributed by atoms with Crippen LogP contribution in [0.25, 0.3) is 50.0 Å². The molecule has 0 N–H and O–H groups in total. The molecule has 0 bridgehead atoms. The number of nitrogens with zero attached hydrogens (tertiary/aromatic N) is 3. The number of hydrogen-bond acceptors (Lipinski definition) is 3. The van der Waals surface area contributed by atoms with Gasteiger partial charge in [0.25, 0.3) is 0 Å². The first-order valence-corrected chi connectivity index (χ1v) is 17.3. The van der Waals surface area contributed by atoms with Gasteiger partial charge in [0.1, 0.15) is 0 Å². The number of aromatic nitrogens is 2. The van der Waals surface area contributed by atoms with E-state index in [0.29, 0.717) is 11.5 Å². The SMILES string of the molecule is Cc1ccc(Oc2[c-]ccc(N(c3ccccc3)c3ccccc3)c2)[c-]c1-c1cc(-n2c3ccccc3c3ccccc32)cc(-c2[c-]cccc2)n1.[Au+3]. The molecule has 256 valence electrons. The molecule has 0 atom stereocenters. The van der Waals surface area contributed by atoms with Crippen LogP contribution in [0.1, 0.15) is 5.56 Å². The summed E-state index contributed by atoms with van der Waals surface area (Å²) in [6, 6.07) is 70.3. The zero-order chi connectivity index (χ0) is 34.9. The number of anilines is 3. The molecule has 2 aromatic heterocycles. The first-order valence-electron chi connectivity index (χ1n) is 17.3. The van der Waals surface area contributed by atoms with Crippen molar-refractivity contribution in [1.29, 1.82) is 0 Å². The molecule has 0 spiro atoms. The van der Waals surface area contributed by atoms with E-state index in [9.17, 15) is 0 Å². The summed E-state index contributed by atoms with van der Waals surface area (Å²) in [6.45, 7) is 2.09. The number of para-hydroxylation sites is 4. The molecule has 0 amide bonds. The number of hydrogen-bond donors (Lipinski definition) is 0. The van der Waals surface area contributed by atoms with E-state index in [-0.39, 0.29) is 22.4 Å². The van der Waals surface area contributed by atoms with Crippen LogP contribution in [-0.4, -0.2) is 9.55 Å². The van der Waals surface area contributed by atoms with Crippen molar-refractivity contribution in [1.82, 2.24) is 9.55 Å². The van der Waals surface area contributed by atoms with Gasteiger partial charge in [0, 0.05) is 39.3 Å². The monoisotopic (exact) mass is 863 g/mol. The van der Waals surface area contributed by atoms with E-state index in [2.05, 4.69) is 132 Å². The molecule has 0 unspecified atom stereocenters. The Labute approximate surface area is 325 Å². The molecule has 0 radical (unpaired) electrons. The van der Waals surface area contributed by atoms with Gasteiger partial charge in [-0.15, -0.1) is 77.4 Å². The summed E-state index contributed by atoms with van der Waals surface area (Å²) in [6.07, 6.45) is 0. The van der Waals surface area contributed by atoms with Gasteiger partial charge >= 0.3 is 22.4 Å². The number of fused-ring (bicyclic) bond motifs is 3. The maximum Gasteiger partial charge on any atom is 3.00 e. The molecule has 0 fully saturated rings. The second-order valence-electron chi connectivity index (χ2n) is 12.6. The Kier molecular flexibility index (Phi) is 9.49. The minimum absolute atomic E-state index is 0. The average Bonchev–Trinajstić information content (AvgIpc) is 3.54.